The first-order valence-electron chi connectivity index (χ1n) is 22.6. The number of ether oxygens (including phenoxy) is 2. The lowest BCUT2D eigenvalue weighted by Crippen LogP contribution is -2.34. The second kappa shape index (κ2) is 43.5. The van der Waals surface area contributed by atoms with E-state index >= 15 is 0 Å². The summed E-state index contributed by atoms with van der Waals surface area (Å²) in [6.07, 6.45) is 58.5. The minimum atomic E-state index is -4.76. The van der Waals surface area contributed by atoms with Gasteiger partial charge in [0.05, 0.1) is 13.2 Å². The first-order chi connectivity index (χ1) is 30.1. The molecule has 0 saturated carbocycles. The molecule has 62 heavy (non-hydrogen) atoms. The second-order valence-electron chi connectivity index (χ2n) is 14.4. The summed E-state index contributed by atoms with van der Waals surface area (Å²) in [6, 6.07) is -1.55. The summed E-state index contributed by atoms with van der Waals surface area (Å²) in [4.78, 5) is 46.0. The molecule has 0 aromatic heterocycles. The third kappa shape index (κ3) is 42.6. The number of hydrogen-bond donors (Lipinski definition) is 3. The van der Waals surface area contributed by atoms with Crippen LogP contribution in [0.25, 0.3) is 0 Å². The highest BCUT2D eigenvalue weighted by Crippen LogP contribution is 2.43. The maximum absolute atomic E-state index is 12.6. The molecule has 0 rings (SSSR count). The standard InChI is InChI=1S/C50H78NO10P/c1-3-5-7-9-11-13-15-17-19-21-23-25-27-29-31-33-35-37-39-41-48(52)58-43-46(44-59-62(56,57)60-45-47(51)50(54)55)61-49(53)42-40-38-36-34-32-30-28-26-24-22-20-18-16-14-12-10-8-6-4-2/h5,7,11-14,17-20,23-26,29-32,36,38,46-47H,3-4,6,8-10,15-16,21-22,27-28,33-35,37,39-45,51H2,1-2H3,(H,54,55)(H,56,57)/b7-5-,13-11-,14-12-,19-17-,20-18-,25-23-,26-24-,31-29-,32-30-,38-36-/t46-,47+/m1/s1. The number of rotatable bonds is 40. The summed E-state index contributed by atoms with van der Waals surface area (Å²) >= 11 is 0. The zero-order valence-electron chi connectivity index (χ0n) is 37.7. The molecule has 1 unspecified atom stereocenters. The monoisotopic (exact) mass is 884 g/mol. The highest BCUT2D eigenvalue weighted by Gasteiger charge is 2.28. The van der Waals surface area contributed by atoms with Gasteiger partial charge in [0.1, 0.15) is 12.6 Å². The lowest BCUT2D eigenvalue weighted by Gasteiger charge is -2.20. The minimum Gasteiger partial charge on any atom is -0.480 e. The molecule has 0 heterocycles. The van der Waals surface area contributed by atoms with E-state index in [4.69, 9.17) is 24.8 Å². The second-order valence-corrected chi connectivity index (χ2v) is 15.9. The van der Waals surface area contributed by atoms with Gasteiger partial charge in [-0.3, -0.25) is 23.4 Å². The Balaban J connectivity index is 4.56. The Labute approximate surface area is 373 Å². The van der Waals surface area contributed by atoms with Gasteiger partial charge in [-0.05, 0) is 96.3 Å². The topological polar surface area (TPSA) is 172 Å². The van der Waals surface area contributed by atoms with Crippen molar-refractivity contribution in [3.8, 4) is 0 Å². The molecule has 0 spiro atoms. The molecule has 12 heteroatoms. The van der Waals surface area contributed by atoms with Crippen LogP contribution in [-0.4, -0.2) is 59.9 Å². The molecule has 0 aliphatic carbocycles. The van der Waals surface area contributed by atoms with Crippen molar-refractivity contribution in [2.75, 3.05) is 19.8 Å². The van der Waals surface area contributed by atoms with Crippen molar-refractivity contribution in [3.05, 3.63) is 122 Å². The van der Waals surface area contributed by atoms with Gasteiger partial charge in [0.25, 0.3) is 0 Å². The van der Waals surface area contributed by atoms with Crippen LogP contribution in [0, 0.1) is 0 Å². The van der Waals surface area contributed by atoms with E-state index in [0.717, 1.165) is 77.0 Å². The summed E-state index contributed by atoms with van der Waals surface area (Å²) in [5, 5.41) is 8.90. The van der Waals surface area contributed by atoms with Gasteiger partial charge in [0.2, 0.25) is 0 Å². The predicted molar refractivity (Wildman–Crippen MR) is 253 cm³/mol. The van der Waals surface area contributed by atoms with Crippen LogP contribution in [0.1, 0.15) is 142 Å². The third-order valence-electron chi connectivity index (χ3n) is 8.71. The number of carboxylic acids is 1. The largest absolute Gasteiger partial charge is 0.480 e. The number of phosphoric ester groups is 1. The van der Waals surface area contributed by atoms with E-state index in [1.165, 1.54) is 19.3 Å². The molecule has 0 amide bonds. The fourth-order valence-electron chi connectivity index (χ4n) is 5.19. The first-order valence-corrected chi connectivity index (χ1v) is 24.1. The molecule has 0 saturated heterocycles. The highest BCUT2D eigenvalue weighted by atomic mass is 31.2. The number of phosphoric acid groups is 1. The molecule has 11 nitrogen and oxygen atoms in total. The van der Waals surface area contributed by atoms with Gasteiger partial charge in [-0.2, -0.15) is 0 Å². The Bertz CT molecular complexity index is 1500. The first kappa shape index (κ1) is 57.9. The van der Waals surface area contributed by atoms with Gasteiger partial charge in [-0.15, -0.1) is 0 Å². The van der Waals surface area contributed by atoms with Gasteiger partial charge in [-0.25, -0.2) is 4.57 Å². The summed E-state index contributed by atoms with van der Waals surface area (Å²) in [6.45, 7) is 2.53. The minimum absolute atomic E-state index is 0.0220. The Kier molecular flexibility index (Phi) is 40.6. The van der Waals surface area contributed by atoms with Crippen LogP contribution in [0.15, 0.2) is 122 Å². The fourth-order valence-corrected chi connectivity index (χ4v) is 5.97. The van der Waals surface area contributed by atoms with Crippen molar-refractivity contribution in [2.45, 2.75) is 154 Å². The van der Waals surface area contributed by atoms with E-state index in [0.29, 0.717) is 19.3 Å². The van der Waals surface area contributed by atoms with Crippen LogP contribution < -0.4 is 5.73 Å². The van der Waals surface area contributed by atoms with E-state index in [-0.39, 0.29) is 12.8 Å². The van der Waals surface area contributed by atoms with Gasteiger partial charge in [0, 0.05) is 12.8 Å². The number of allylic oxidation sites excluding steroid dienone is 20. The van der Waals surface area contributed by atoms with Crippen LogP contribution in [0.3, 0.4) is 0 Å². The molecule has 348 valence electrons. The van der Waals surface area contributed by atoms with Crippen LogP contribution in [0.4, 0.5) is 0 Å². The van der Waals surface area contributed by atoms with Crippen molar-refractivity contribution >= 4 is 25.7 Å². The molecule has 0 aliphatic heterocycles. The van der Waals surface area contributed by atoms with Gasteiger partial charge in [-0.1, -0.05) is 155 Å². The maximum Gasteiger partial charge on any atom is 0.472 e. The molecule has 0 aliphatic rings. The van der Waals surface area contributed by atoms with Gasteiger partial charge >= 0.3 is 25.7 Å². The number of carbonyl (C=O) groups is 3. The quantitative estimate of drug-likeness (QED) is 0.0231. The molecule has 4 N–H and O–H groups in total. The number of nitrogens with two attached hydrogens (primary N) is 1. The molecule has 0 aromatic carbocycles. The summed E-state index contributed by atoms with van der Waals surface area (Å²) in [5.41, 5.74) is 5.33. The highest BCUT2D eigenvalue weighted by molar-refractivity contribution is 7.47. The van der Waals surface area contributed by atoms with E-state index in [9.17, 15) is 23.8 Å². The van der Waals surface area contributed by atoms with Crippen LogP contribution in [-0.2, 0) is 37.5 Å². The fraction of sp³-hybridized carbons (Fsp3) is 0.540. The SMILES string of the molecule is CC/C=C\C/C=C\C/C=C\C/C=C\C/C=C\CCCCCC(=O)OC[C@H](COP(=O)(O)OC[C@H](N)C(=O)O)OC(=O)CC/C=C\C/C=C\C/C=C\C/C=C\C/C=C\CCCCC. The molecular weight excluding hydrogens is 806 g/mol. The van der Waals surface area contributed by atoms with Crippen molar-refractivity contribution in [1.29, 1.82) is 0 Å². The van der Waals surface area contributed by atoms with Crippen LogP contribution in [0.2, 0.25) is 0 Å². The normalized spacial score (nSPS) is 14.8. The number of unbranched alkanes of at least 4 members (excludes halogenated alkanes) is 6. The Morgan fingerprint density at radius 2 is 0.935 bits per heavy atom. The Hall–Kier alpha value is -4.12. The van der Waals surface area contributed by atoms with E-state index < -0.39 is 57.7 Å². The number of hydrogen-bond acceptors (Lipinski definition) is 9. The molecular formula is C50H78NO10P. The van der Waals surface area contributed by atoms with Crippen molar-refractivity contribution in [2.24, 2.45) is 5.73 Å². The third-order valence-corrected chi connectivity index (χ3v) is 9.66. The van der Waals surface area contributed by atoms with Gasteiger partial charge in [0.15, 0.2) is 6.10 Å². The number of esters is 2. The molecule has 3 atom stereocenters. The van der Waals surface area contributed by atoms with E-state index in [2.05, 4.69) is 122 Å². The lowest BCUT2D eigenvalue weighted by atomic mass is 10.1. The Morgan fingerprint density at radius 1 is 0.516 bits per heavy atom. The smallest absolute Gasteiger partial charge is 0.472 e. The van der Waals surface area contributed by atoms with E-state index in [1.807, 2.05) is 18.2 Å². The van der Waals surface area contributed by atoms with Crippen molar-refractivity contribution in [1.82, 2.24) is 0 Å². The number of carboxylic acid groups (broad SMARTS) is 1. The average molecular weight is 884 g/mol. The molecule has 0 radical (unpaired) electrons. The molecule has 0 aromatic rings. The summed E-state index contributed by atoms with van der Waals surface area (Å²) in [5.74, 6) is -2.55. The number of carbonyl (C=O) groups excluding carboxylic acids is 2. The zero-order chi connectivity index (χ0) is 45.6. The van der Waals surface area contributed by atoms with Crippen LogP contribution in [0.5, 0.6) is 0 Å². The molecule has 0 fully saturated rings. The summed E-state index contributed by atoms with van der Waals surface area (Å²) in [7, 11) is -4.76. The maximum atomic E-state index is 12.6. The molecule has 0 bridgehead atoms. The van der Waals surface area contributed by atoms with Crippen molar-refractivity contribution in [3.63, 3.8) is 0 Å². The predicted octanol–water partition coefficient (Wildman–Crippen LogP) is 12.4. The average Bonchev–Trinajstić information content (AvgIpc) is 3.25. The lowest BCUT2D eigenvalue weighted by molar-refractivity contribution is -0.161. The zero-order valence-corrected chi connectivity index (χ0v) is 38.5. The van der Waals surface area contributed by atoms with Gasteiger partial charge < -0.3 is 25.2 Å². The van der Waals surface area contributed by atoms with E-state index in [1.54, 1.807) is 0 Å². The summed E-state index contributed by atoms with van der Waals surface area (Å²) < 4.78 is 32.6. The van der Waals surface area contributed by atoms with Crippen LogP contribution >= 0.6 is 7.82 Å². The Morgan fingerprint density at radius 3 is 1.39 bits per heavy atom. The number of aliphatic carboxylic acids is 1. The van der Waals surface area contributed by atoms with Crippen molar-refractivity contribution < 1.29 is 47.5 Å².